The van der Waals surface area contributed by atoms with Gasteiger partial charge in [-0.15, -0.1) is 0 Å². The van der Waals surface area contributed by atoms with Crippen LogP contribution in [-0.2, 0) is 22.6 Å². The first-order valence-electron chi connectivity index (χ1n) is 10.2. The highest BCUT2D eigenvalue weighted by molar-refractivity contribution is 6.35. The number of rotatable bonds is 9. The van der Waals surface area contributed by atoms with Gasteiger partial charge < -0.3 is 15.0 Å². The molecule has 1 unspecified atom stereocenters. The summed E-state index contributed by atoms with van der Waals surface area (Å²) in [5.74, 6) is -1.05. The summed E-state index contributed by atoms with van der Waals surface area (Å²) >= 11 is 12.0. The van der Waals surface area contributed by atoms with Crippen LogP contribution in [0.1, 0.15) is 11.1 Å². The fourth-order valence-corrected chi connectivity index (χ4v) is 3.81. The Morgan fingerprint density at radius 3 is 2.39 bits per heavy atom. The zero-order chi connectivity index (χ0) is 23.8. The minimum Gasteiger partial charge on any atom is -0.482 e. The first-order chi connectivity index (χ1) is 15.9. The molecule has 0 spiro atoms. The summed E-state index contributed by atoms with van der Waals surface area (Å²) < 4.78 is 20.0. The van der Waals surface area contributed by atoms with Crippen molar-refractivity contribution in [2.75, 3.05) is 13.7 Å². The van der Waals surface area contributed by atoms with Crippen LogP contribution >= 0.6 is 23.2 Å². The molecule has 0 aliphatic heterocycles. The molecule has 3 rings (SSSR count). The van der Waals surface area contributed by atoms with Crippen LogP contribution in [0.2, 0.25) is 10.0 Å². The van der Waals surface area contributed by atoms with Gasteiger partial charge in [0.15, 0.2) is 6.61 Å². The SMILES string of the molecule is CNC(=O)C(Cc1ccccc1)N(Cc1ccccc1F)C(=O)COc1ccc(Cl)cc1Cl. The number of carbonyl (C=O) groups is 2. The van der Waals surface area contributed by atoms with Gasteiger partial charge in [0.2, 0.25) is 5.91 Å². The van der Waals surface area contributed by atoms with Crippen molar-refractivity contribution in [3.8, 4) is 5.75 Å². The van der Waals surface area contributed by atoms with E-state index in [1.807, 2.05) is 30.3 Å². The third kappa shape index (κ3) is 6.70. The number of benzene rings is 3. The zero-order valence-electron chi connectivity index (χ0n) is 17.9. The summed E-state index contributed by atoms with van der Waals surface area (Å²) in [6, 6.07) is 19.2. The van der Waals surface area contributed by atoms with E-state index in [0.717, 1.165) is 5.56 Å². The molecule has 0 heterocycles. The molecule has 0 aliphatic rings. The maximum atomic E-state index is 14.4. The van der Waals surface area contributed by atoms with E-state index in [1.165, 1.54) is 24.1 Å². The maximum absolute atomic E-state index is 14.4. The Balaban J connectivity index is 1.89. The number of amides is 2. The van der Waals surface area contributed by atoms with Crippen molar-refractivity contribution in [1.82, 2.24) is 10.2 Å². The zero-order valence-corrected chi connectivity index (χ0v) is 19.4. The van der Waals surface area contributed by atoms with E-state index in [1.54, 1.807) is 30.3 Å². The number of likely N-dealkylation sites (N-methyl/N-ethyl adjacent to an activating group) is 1. The van der Waals surface area contributed by atoms with Gasteiger partial charge in [0.1, 0.15) is 17.6 Å². The molecule has 1 atom stereocenters. The van der Waals surface area contributed by atoms with Crippen LogP contribution in [0.25, 0.3) is 0 Å². The number of carbonyl (C=O) groups excluding carboxylic acids is 2. The minimum atomic E-state index is -0.881. The molecule has 3 aromatic rings. The number of halogens is 3. The van der Waals surface area contributed by atoms with Crippen molar-refractivity contribution in [3.63, 3.8) is 0 Å². The van der Waals surface area contributed by atoms with E-state index in [0.29, 0.717) is 5.02 Å². The van der Waals surface area contributed by atoms with Gasteiger partial charge in [0, 0.05) is 30.6 Å². The lowest BCUT2D eigenvalue weighted by Crippen LogP contribution is -2.51. The summed E-state index contributed by atoms with van der Waals surface area (Å²) in [5.41, 5.74) is 1.15. The Labute approximate surface area is 202 Å². The Hall–Kier alpha value is -3.09. The number of nitrogens with one attached hydrogen (secondary N) is 1. The Morgan fingerprint density at radius 1 is 1.03 bits per heavy atom. The van der Waals surface area contributed by atoms with Crippen LogP contribution in [-0.4, -0.2) is 36.4 Å². The molecule has 0 bridgehead atoms. The monoisotopic (exact) mass is 488 g/mol. The molecule has 172 valence electrons. The lowest BCUT2D eigenvalue weighted by Gasteiger charge is -2.31. The maximum Gasteiger partial charge on any atom is 0.261 e. The van der Waals surface area contributed by atoms with Gasteiger partial charge in [-0.2, -0.15) is 0 Å². The van der Waals surface area contributed by atoms with Crippen LogP contribution in [0.4, 0.5) is 4.39 Å². The number of ether oxygens (including phenoxy) is 1. The highest BCUT2D eigenvalue weighted by Crippen LogP contribution is 2.27. The first-order valence-corrected chi connectivity index (χ1v) is 11.0. The fourth-order valence-electron chi connectivity index (χ4n) is 3.35. The predicted octanol–water partition coefficient (Wildman–Crippen LogP) is 4.90. The molecule has 0 fully saturated rings. The average Bonchev–Trinajstić information content (AvgIpc) is 2.82. The van der Waals surface area contributed by atoms with Gasteiger partial charge in [-0.05, 0) is 29.8 Å². The molecular weight excluding hydrogens is 466 g/mol. The van der Waals surface area contributed by atoms with Crippen molar-refractivity contribution in [3.05, 3.63) is 99.8 Å². The largest absolute Gasteiger partial charge is 0.482 e. The minimum absolute atomic E-state index is 0.103. The molecule has 0 aliphatic carbocycles. The fraction of sp³-hybridized carbons (Fsp3) is 0.200. The van der Waals surface area contributed by atoms with Crippen molar-refractivity contribution in [2.24, 2.45) is 0 Å². The van der Waals surface area contributed by atoms with Crippen LogP contribution < -0.4 is 10.1 Å². The van der Waals surface area contributed by atoms with E-state index < -0.39 is 24.4 Å². The normalized spacial score (nSPS) is 11.5. The van der Waals surface area contributed by atoms with Crippen molar-refractivity contribution >= 4 is 35.0 Å². The van der Waals surface area contributed by atoms with Gasteiger partial charge >= 0.3 is 0 Å². The average molecular weight is 489 g/mol. The summed E-state index contributed by atoms with van der Waals surface area (Å²) in [4.78, 5) is 27.4. The van der Waals surface area contributed by atoms with Crippen LogP contribution in [0.3, 0.4) is 0 Å². The van der Waals surface area contributed by atoms with Gasteiger partial charge in [-0.25, -0.2) is 4.39 Å². The molecule has 0 aromatic heterocycles. The van der Waals surface area contributed by atoms with Crippen LogP contribution in [0.5, 0.6) is 5.75 Å². The Kier molecular flexibility index (Phi) is 8.69. The van der Waals surface area contributed by atoms with E-state index >= 15 is 0 Å². The summed E-state index contributed by atoms with van der Waals surface area (Å²) in [6.45, 7) is -0.494. The molecule has 3 aromatic carbocycles. The molecule has 8 heteroatoms. The molecule has 0 saturated heterocycles. The second-order valence-electron chi connectivity index (χ2n) is 7.30. The highest BCUT2D eigenvalue weighted by atomic mass is 35.5. The lowest BCUT2D eigenvalue weighted by molar-refractivity contribution is -0.142. The van der Waals surface area contributed by atoms with Crippen molar-refractivity contribution in [2.45, 2.75) is 19.0 Å². The predicted molar refractivity (Wildman–Crippen MR) is 127 cm³/mol. The first kappa shape index (κ1) is 24.6. The highest BCUT2D eigenvalue weighted by Gasteiger charge is 2.30. The molecule has 1 N–H and O–H groups in total. The second kappa shape index (κ2) is 11.7. The Morgan fingerprint density at radius 2 is 1.73 bits per heavy atom. The van der Waals surface area contributed by atoms with Crippen LogP contribution in [0, 0.1) is 5.82 Å². The second-order valence-corrected chi connectivity index (χ2v) is 8.14. The molecule has 0 radical (unpaired) electrons. The topological polar surface area (TPSA) is 58.6 Å². The van der Waals surface area contributed by atoms with Crippen molar-refractivity contribution in [1.29, 1.82) is 0 Å². The summed E-state index contributed by atoms with van der Waals surface area (Å²) in [6.07, 6.45) is 0.252. The van der Waals surface area contributed by atoms with Gasteiger partial charge in [-0.3, -0.25) is 9.59 Å². The third-order valence-electron chi connectivity index (χ3n) is 5.06. The molecule has 5 nitrogen and oxygen atoms in total. The van der Waals surface area contributed by atoms with E-state index in [9.17, 15) is 14.0 Å². The van der Waals surface area contributed by atoms with Gasteiger partial charge in [-0.1, -0.05) is 71.7 Å². The van der Waals surface area contributed by atoms with Crippen LogP contribution in [0.15, 0.2) is 72.8 Å². The molecule has 33 heavy (non-hydrogen) atoms. The number of hydrogen-bond donors (Lipinski definition) is 1. The number of hydrogen-bond acceptors (Lipinski definition) is 3. The van der Waals surface area contributed by atoms with Gasteiger partial charge in [0.05, 0.1) is 5.02 Å². The van der Waals surface area contributed by atoms with E-state index in [-0.39, 0.29) is 35.2 Å². The molecular formula is C25H23Cl2FN2O3. The third-order valence-corrected chi connectivity index (χ3v) is 5.59. The van der Waals surface area contributed by atoms with E-state index in [4.69, 9.17) is 27.9 Å². The van der Waals surface area contributed by atoms with E-state index in [2.05, 4.69) is 5.32 Å². The molecule has 0 saturated carbocycles. The molecule has 2 amide bonds. The standard InChI is InChI=1S/C25H23Cl2FN2O3/c1-29-25(32)22(13-17-7-3-2-4-8-17)30(15-18-9-5-6-10-21(18)28)24(31)16-33-23-12-11-19(26)14-20(23)27/h2-12,14,22H,13,15-16H2,1H3,(H,29,32). The smallest absolute Gasteiger partial charge is 0.261 e. The quantitative estimate of drug-likeness (QED) is 0.466. The summed E-state index contributed by atoms with van der Waals surface area (Å²) in [7, 11) is 1.50. The van der Waals surface area contributed by atoms with Crippen molar-refractivity contribution < 1.29 is 18.7 Å². The summed E-state index contributed by atoms with van der Waals surface area (Å²) in [5, 5.41) is 3.29. The Bertz CT molecular complexity index is 1110. The lowest BCUT2D eigenvalue weighted by atomic mass is 10.0. The number of nitrogens with zero attached hydrogens (tertiary/aromatic N) is 1. The van der Waals surface area contributed by atoms with Gasteiger partial charge in [0.25, 0.3) is 5.91 Å².